The molecule has 2 atom stereocenters. The van der Waals surface area contributed by atoms with Gasteiger partial charge in [0.1, 0.15) is 18.9 Å². The Morgan fingerprint density at radius 2 is 2.00 bits per heavy atom. The van der Waals surface area contributed by atoms with Gasteiger partial charge in [-0.25, -0.2) is 0 Å². The van der Waals surface area contributed by atoms with Crippen molar-refractivity contribution in [2.24, 2.45) is 5.73 Å². The maximum atomic E-state index is 11.5. The predicted molar refractivity (Wildman–Crippen MR) is 69.7 cm³/mol. The second kappa shape index (κ2) is 9.34. The lowest BCUT2D eigenvalue weighted by Crippen LogP contribution is -2.49. The first-order valence-electron chi connectivity index (χ1n) is 5.51. The van der Waals surface area contributed by atoms with Crippen molar-refractivity contribution in [3.05, 3.63) is 0 Å². The van der Waals surface area contributed by atoms with Gasteiger partial charge in [0.15, 0.2) is 0 Å². The molecular formula is C10H17N3O5S. The lowest BCUT2D eigenvalue weighted by atomic mass is 10.2. The van der Waals surface area contributed by atoms with Gasteiger partial charge >= 0.3 is 5.97 Å². The second-order valence-corrected chi connectivity index (χ2v) is 4.12. The zero-order valence-electron chi connectivity index (χ0n) is 10.2. The monoisotopic (exact) mass is 291 g/mol. The third kappa shape index (κ3) is 8.16. The van der Waals surface area contributed by atoms with E-state index in [4.69, 9.17) is 10.8 Å². The Kier molecular flexibility index (Phi) is 8.55. The molecule has 19 heavy (non-hydrogen) atoms. The number of carbonyl (C=O) groups excluding carboxylic acids is 3. The number of thiol groups is 1. The summed E-state index contributed by atoms with van der Waals surface area (Å²) < 4.78 is 0. The number of carbonyl (C=O) groups is 4. The SMILES string of the molecule is N[C@H](C=O)CCC(=O)N[C@@H](CS)C(=O)NCC(=O)O. The van der Waals surface area contributed by atoms with Gasteiger partial charge in [-0.1, -0.05) is 0 Å². The molecule has 0 saturated carbocycles. The summed E-state index contributed by atoms with van der Waals surface area (Å²) in [6.07, 6.45) is 0.699. The summed E-state index contributed by atoms with van der Waals surface area (Å²) in [5.74, 6) is -2.25. The molecule has 5 N–H and O–H groups in total. The lowest BCUT2D eigenvalue weighted by molar-refractivity contribution is -0.138. The van der Waals surface area contributed by atoms with Gasteiger partial charge in [-0.3, -0.25) is 14.4 Å². The third-order valence-electron chi connectivity index (χ3n) is 2.13. The maximum Gasteiger partial charge on any atom is 0.322 e. The summed E-state index contributed by atoms with van der Waals surface area (Å²) >= 11 is 3.90. The number of hydrogen-bond donors (Lipinski definition) is 5. The average molecular weight is 291 g/mol. The third-order valence-corrected chi connectivity index (χ3v) is 2.49. The molecule has 0 heterocycles. The summed E-state index contributed by atoms with van der Waals surface area (Å²) in [7, 11) is 0. The Balaban J connectivity index is 4.16. The largest absolute Gasteiger partial charge is 0.480 e. The number of hydrogen-bond acceptors (Lipinski definition) is 6. The molecule has 0 aromatic rings. The summed E-state index contributed by atoms with van der Waals surface area (Å²) in [6, 6.07) is -1.65. The van der Waals surface area contributed by atoms with Gasteiger partial charge in [0.05, 0.1) is 6.04 Å². The molecule has 0 fully saturated rings. The van der Waals surface area contributed by atoms with Crippen LogP contribution in [0, 0.1) is 0 Å². The van der Waals surface area contributed by atoms with Crippen molar-refractivity contribution in [3.8, 4) is 0 Å². The van der Waals surface area contributed by atoms with E-state index in [1.807, 2.05) is 0 Å². The fourth-order valence-electron chi connectivity index (χ4n) is 1.11. The molecule has 0 rings (SSSR count). The van der Waals surface area contributed by atoms with E-state index in [-0.39, 0.29) is 18.6 Å². The van der Waals surface area contributed by atoms with Crippen LogP contribution in [-0.4, -0.2) is 53.6 Å². The molecule has 0 aromatic carbocycles. The standard InChI is InChI=1S/C10H17N3O5S/c11-6(4-14)1-2-8(15)13-7(5-19)10(18)12-3-9(16)17/h4,6-7,19H,1-3,5,11H2,(H,12,18)(H,13,15)(H,16,17)/t6-,7-/m0/s1. The number of aliphatic carboxylic acids is 1. The van der Waals surface area contributed by atoms with Crippen LogP contribution in [0.4, 0.5) is 0 Å². The van der Waals surface area contributed by atoms with Gasteiger partial charge in [0.25, 0.3) is 0 Å². The normalized spacial score (nSPS) is 13.2. The number of carboxylic acids is 1. The molecule has 0 radical (unpaired) electrons. The average Bonchev–Trinajstić information content (AvgIpc) is 2.39. The molecule has 9 heteroatoms. The van der Waals surface area contributed by atoms with Gasteiger partial charge in [-0.2, -0.15) is 12.6 Å². The molecule has 0 saturated heterocycles. The molecule has 0 spiro atoms. The summed E-state index contributed by atoms with van der Waals surface area (Å²) in [6.45, 7) is -0.533. The van der Waals surface area contributed by atoms with Gasteiger partial charge in [-0.15, -0.1) is 0 Å². The summed E-state index contributed by atoms with van der Waals surface area (Å²) in [5.41, 5.74) is 5.32. The minimum Gasteiger partial charge on any atom is -0.480 e. The van der Waals surface area contributed by atoms with E-state index >= 15 is 0 Å². The number of nitrogens with two attached hydrogens (primary N) is 1. The van der Waals surface area contributed by atoms with Crippen LogP contribution in [0.2, 0.25) is 0 Å². The second-order valence-electron chi connectivity index (χ2n) is 3.75. The molecule has 0 aliphatic carbocycles. The van der Waals surface area contributed by atoms with Crippen LogP contribution in [-0.2, 0) is 19.2 Å². The van der Waals surface area contributed by atoms with Crippen molar-refractivity contribution in [1.82, 2.24) is 10.6 Å². The number of amides is 2. The van der Waals surface area contributed by atoms with E-state index in [9.17, 15) is 19.2 Å². The Morgan fingerprint density at radius 1 is 1.37 bits per heavy atom. The van der Waals surface area contributed by atoms with Crippen LogP contribution >= 0.6 is 12.6 Å². The number of aldehydes is 1. The topological polar surface area (TPSA) is 139 Å². The molecule has 0 aromatic heterocycles. The van der Waals surface area contributed by atoms with Crippen molar-refractivity contribution in [3.63, 3.8) is 0 Å². The van der Waals surface area contributed by atoms with Crippen molar-refractivity contribution in [1.29, 1.82) is 0 Å². The maximum absolute atomic E-state index is 11.5. The van der Waals surface area contributed by atoms with Crippen LogP contribution in [0.5, 0.6) is 0 Å². The van der Waals surface area contributed by atoms with Crippen molar-refractivity contribution < 1.29 is 24.3 Å². The molecule has 108 valence electrons. The van der Waals surface area contributed by atoms with E-state index < -0.39 is 36.4 Å². The molecule has 0 aliphatic heterocycles. The first-order valence-corrected chi connectivity index (χ1v) is 6.14. The Morgan fingerprint density at radius 3 is 2.47 bits per heavy atom. The smallest absolute Gasteiger partial charge is 0.322 e. The molecule has 0 unspecified atom stereocenters. The lowest BCUT2D eigenvalue weighted by Gasteiger charge is -2.16. The number of carboxylic acid groups (broad SMARTS) is 1. The predicted octanol–water partition coefficient (Wildman–Crippen LogP) is -2.09. The van der Waals surface area contributed by atoms with Crippen LogP contribution < -0.4 is 16.4 Å². The fourth-order valence-corrected chi connectivity index (χ4v) is 1.37. The van der Waals surface area contributed by atoms with E-state index in [1.54, 1.807) is 0 Å². The fraction of sp³-hybridized carbons (Fsp3) is 0.600. The highest BCUT2D eigenvalue weighted by atomic mass is 32.1. The highest BCUT2D eigenvalue weighted by Crippen LogP contribution is 1.95. The van der Waals surface area contributed by atoms with Crippen molar-refractivity contribution >= 4 is 36.7 Å². The van der Waals surface area contributed by atoms with Crippen LogP contribution in [0.15, 0.2) is 0 Å². The van der Waals surface area contributed by atoms with Gasteiger partial charge in [0, 0.05) is 12.2 Å². The summed E-state index contributed by atoms with van der Waals surface area (Å²) in [4.78, 5) is 43.5. The minimum absolute atomic E-state index is 0.00358. The van der Waals surface area contributed by atoms with Crippen molar-refractivity contribution in [2.45, 2.75) is 24.9 Å². The molecule has 0 aliphatic rings. The van der Waals surface area contributed by atoms with Gasteiger partial charge in [-0.05, 0) is 6.42 Å². The van der Waals surface area contributed by atoms with Crippen LogP contribution in [0.1, 0.15) is 12.8 Å². The number of rotatable bonds is 9. The first kappa shape index (κ1) is 17.4. The molecule has 0 bridgehead atoms. The number of nitrogens with one attached hydrogen (secondary N) is 2. The molecular weight excluding hydrogens is 274 g/mol. The molecule has 8 nitrogen and oxygen atoms in total. The Labute approximate surface area is 115 Å². The van der Waals surface area contributed by atoms with E-state index in [2.05, 4.69) is 23.3 Å². The van der Waals surface area contributed by atoms with Gasteiger partial charge < -0.3 is 26.3 Å². The van der Waals surface area contributed by atoms with Crippen molar-refractivity contribution in [2.75, 3.05) is 12.3 Å². The van der Waals surface area contributed by atoms with Crippen LogP contribution in [0.3, 0.4) is 0 Å². The van der Waals surface area contributed by atoms with Crippen LogP contribution in [0.25, 0.3) is 0 Å². The Hall–Kier alpha value is -1.61. The quantitative estimate of drug-likeness (QED) is 0.244. The highest BCUT2D eigenvalue weighted by Gasteiger charge is 2.19. The Bertz CT molecular complexity index is 350. The van der Waals surface area contributed by atoms with E-state index in [0.717, 1.165) is 0 Å². The van der Waals surface area contributed by atoms with E-state index in [0.29, 0.717) is 6.29 Å². The zero-order chi connectivity index (χ0) is 14.8. The first-order chi connectivity index (χ1) is 8.90. The summed E-state index contributed by atoms with van der Waals surface area (Å²) in [5, 5.41) is 12.9. The zero-order valence-corrected chi connectivity index (χ0v) is 11.1. The minimum atomic E-state index is -1.19. The van der Waals surface area contributed by atoms with Gasteiger partial charge in [0.2, 0.25) is 11.8 Å². The van der Waals surface area contributed by atoms with E-state index in [1.165, 1.54) is 0 Å². The highest BCUT2D eigenvalue weighted by molar-refractivity contribution is 7.80. The molecule has 2 amide bonds.